The average molecular weight is 694 g/mol. The number of nitrogens with two attached hydrogens (primary N) is 1. The summed E-state index contributed by atoms with van der Waals surface area (Å²) in [5, 5.41) is 21.0. The van der Waals surface area contributed by atoms with Crippen LogP contribution >= 0.6 is 0 Å². The van der Waals surface area contributed by atoms with Crippen LogP contribution in [-0.4, -0.2) is 67.5 Å². The second kappa shape index (κ2) is 17.2. The van der Waals surface area contributed by atoms with E-state index in [-0.39, 0.29) is 48.2 Å². The van der Waals surface area contributed by atoms with Crippen LogP contribution in [0.4, 0.5) is 5.69 Å². The number of hydrogen-bond donors (Lipinski definition) is 5. The maximum Gasteiger partial charge on any atom is 0.243 e. The van der Waals surface area contributed by atoms with Crippen LogP contribution in [-0.2, 0) is 31.6 Å². The molecular weight excluding hydrogens is 639 g/mol. The third-order valence-corrected chi connectivity index (χ3v) is 10.3. The summed E-state index contributed by atoms with van der Waals surface area (Å²) in [5.74, 6) is -0.786. The van der Waals surface area contributed by atoms with E-state index in [0.29, 0.717) is 12.2 Å². The molecule has 0 aliphatic heterocycles. The van der Waals surface area contributed by atoms with Crippen LogP contribution < -0.4 is 21.7 Å². The number of benzene rings is 3. The monoisotopic (exact) mass is 693 g/mol. The van der Waals surface area contributed by atoms with Gasteiger partial charge in [0.05, 0.1) is 17.0 Å². The van der Waals surface area contributed by atoms with E-state index in [9.17, 15) is 23.1 Å². The molecule has 3 atom stereocenters. The van der Waals surface area contributed by atoms with Crippen LogP contribution in [0.15, 0.2) is 89.8 Å². The molecule has 3 aromatic rings. The number of rotatable bonds is 17. The van der Waals surface area contributed by atoms with Gasteiger partial charge < -0.3 is 26.8 Å². The molecular formula is C38H55N5O5S. The lowest BCUT2D eigenvalue weighted by atomic mass is 9.85. The summed E-state index contributed by atoms with van der Waals surface area (Å²) in [6.07, 6.45) is -0.874. The minimum absolute atomic E-state index is 0.0360. The van der Waals surface area contributed by atoms with Gasteiger partial charge in [0, 0.05) is 37.3 Å². The lowest BCUT2D eigenvalue weighted by Gasteiger charge is -2.34. The van der Waals surface area contributed by atoms with Crippen molar-refractivity contribution in [3.05, 3.63) is 96.1 Å². The topological polar surface area (TPSA) is 154 Å². The molecule has 3 aromatic carbocycles. The lowest BCUT2D eigenvalue weighted by molar-refractivity contribution is -0.132. The molecule has 0 fully saturated rings. The Kier molecular flexibility index (Phi) is 14.0. The fraction of sp³-hybridized carbons (Fsp3) is 0.474. The number of hydrogen-bond acceptors (Lipinski definition) is 7. The van der Waals surface area contributed by atoms with Crippen molar-refractivity contribution >= 4 is 27.5 Å². The minimum atomic E-state index is -3.99. The third-order valence-electron chi connectivity index (χ3n) is 8.42. The van der Waals surface area contributed by atoms with Gasteiger partial charge in [-0.3, -0.25) is 9.59 Å². The predicted octanol–water partition coefficient (Wildman–Crippen LogP) is 4.45. The van der Waals surface area contributed by atoms with Crippen LogP contribution in [0.5, 0.6) is 0 Å². The zero-order chi connectivity index (χ0) is 36.4. The van der Waals surface area contributed by atoms with Crippen molar-refractivity contribution in [2.45, 2.75) is 89.9 Å². The Morgan fingerprint density at radius 2 is 1.41 bits per heavy atom. The number of sulfonamides is 1. The number of nitrogen functional groups attached to an aromatic ring is 1. The molecule has 0 radical (unpaired) electrons. The summed E-state index contributed by atoms with van der Waals surface area (Å²) in [6.45, 7) is 13.8. The van der Waals surface area contributed by atoms with Crippen molar-refractivity contribution in [2.75, 3.05) is 25.4 Å². The van der Waals surface area contributed by atoms with Crippen molar-refractivity contribution in [2.24, 2.45) is 11.3 Å². The number of aliphatic hydroxyl groups is 1. The van der Waals surface area contributed by atoms with Crippen molar-refractivity contribution in [3.8, 4) is 0 Å². The van der Waals surface area contributed by atoms with Crippen molar-refractivity contribution in [1.29, 1.82) is 0 Å². The fourth-order valence-corrected chi connectivity index (χ4v) is 7.20. The lowest BCUT2D eigenvalue weighted by Crippen LogP contribution is -2.59. The second-order valence-corrected chi connectivity index (χ2v) is 16.6. The fourth-order valence-electron chi connectivity index (χ4n) is 5.57. The maximum atomic E-state index is 14.0. The molecule has 0 heterocycles. The molecule has 6 N–H and O–H groups in total. The highest BCUT2D eigenvalue weighted by molar-refractivity contribution is 7.89. The van der Waals surface area contributed by atoms with E-state index in [2.05, 4.69) is 16.0 Å². The van der Waals surface area contributed by atoms with Crippen molar-refractivity contribution < 1.29 is 23.1 Å². The molecule has 49 heavy (non-hydrogen) atoms. The van der Waals surface area contributed by atoms with Gasteiger partial charge >= 0.3 is 0 Å². The zero-order valence-corrected chi connectivity index (χ0v) is 30.8. The smallest absolute Gasteiger partial charge is 0.243 e. The first-order valence-corrected chi connectivity index (χ1v) is 18.3. The number of anilines is 1. The van der Waals surface area contributed by atoms with Gasteiger partial charge in [-0.1, -0.05) is 95.3 Å². The normalized spacial score (nSPS) is 14.3. The zero-order valence-electron chi connectivity index (χ0n) is 29.9. The van der Waals surface area contributed by atoms with Gasteiger partial charge in [-0.05, 0) is 67.0 Å². The highest BCUT2D eigenvalue weighted by Gasteiger charge is 2.36. The summed E-state index contributed by atoms with van der Waals surface area (Å²) in [4.78, 5) is 27.2. The molecule has 10 nitrogen and oxygen atoms in total. The number of aliphatic hydroxyl groups excluding tert-OH is 1. The maximum absolute atomic E-state index is 14.0. The number of nitrogens with one attached hydrogen (secondary N) is 3. The Hall–Kier alpha value is -3.77. The molecule has 0 saturated carbocycles. The van der Waals surface area contributed by atoms with E-state index in [0.717, 1.165) is 11.1 Å². The Bertz CT molecular complexity index is 1590. The van der Waals surface area contributed by atoms with Crippen LogP contribution in [0, 0.1) is 11.3 Å². The Labute approximate surface area is 292 Å². The molecule has 2 amide bonds. The first-order chi connectivity index (χ1) is 22.9. The van der Waals surface area contributed by atoms with Crippen LogP contribution in [0.1, 0.15) is 66.0 Å². The number of carbonyl (C=O) groups excluding carboxylic acids is 2. The molecule has 0 unspecified atom stereocenters. The van der Waals surface area contributed by atoms with Crippen molar-refractivity contribution in [1.82, 2.24) is 20.3 Å². The highest BCUT2D eigenvalue weighted by Crippen LogP contribution is 2.23. The van der Waals surface area contributed by atoms with Gasteiger partial charge in [-0.15, -0.1) is 0 Å². The number of carbonyl (C=O) groups is 2. The van der Waals surface area contributed by atoms with Gasteiger partial charge in [0.2, 0.25) is 21.8 Å². The summed E-state index contributed by atoms with van der Waals surface area (Å²) < 4.78 is 28.7. The largest absolute Gasteiger partial charge is 0.399 e. The first-order valence-electron chi connectivity index (χ1n) is 16.9. The van der Waals surface area contributed by atoms with E-state index in [1.54, 1.807) is 0 Å². The average Bonchev–Trinajstić information content (AvgIpc) is 3.03. The van der Waals surface area contributed by atoms with Gasteiger partial charge in [-0.2, -0.15) is 4.31 Å². The summed E-state index contributed by atoms with van der Waals surface area (Å²) >= 11 is 0. The highest BCUT2D eigenvalue weighted by atomic mass is 32.2. The molecule has 11 heteroatoms. The summed E-state index contributed by atoms with van der Waals surface area (Å²) in [7, 11) is -3.99. The standard InChI is InChI=1S/C38H55N5O5S/c1-27(2)25-43(49(47,48)31-20-18-30(39)19-21-31)26-33(44)32(24-28-14-10-8-11-15-28)41-36(46)35(37(3,4)5)42-34(45)22-23-40-38(6,7)29-16-12-9-13-17-29/h8-21,27,32-33,35,40,44H,22-26,39H2,1-7H3,(H,41,46)(H,42,45)/t32-,33+,35+/m0/s1. The van der Waals surface area contributed by atoms with Crippen molar-refractivity contribution in [3.63, 3.8) is 0 Å². The van der Waals surface area contributed by atoms with Gasteiger partial charge in [0.25, 0.3) is 0 Å². The molecule has 0 spiro atoms. The molecule has 0 saturated heterocycles. The molecule has 0 aromatic heterocycles. The van der Waals surface area contributed by atoms with Gasteiger partial charge in [-0.25, -0.2) is 8.42 Å². The Morgan fingerprint density at radius 3 is 1.96 bits per heavy atom. The second-order valence-electron chi connectivity index (χ2n) is 14.7. The molecule has 268 valence electrons. The van der Waals surface area contributed by atoms with E-state index in [1.165, 1.54) is 28.6 Å². The van der Waals surface area contributed by atoms with E-state index < -0.39 is 39.5 Å². The summed E-state index contributed by atoms with van der Waals surface area (Å²) in [5.41, 5.74) is 7.17. The molecule has 0 aliphatic carbocycles. The van der Waals surface area contributed by atoms with Crippen LogP contribution in [0.25, 0.3) is 0 Å². The third kappa shape index (κ3) is 12.0. The predicted molar refractivity (Wildman–Crippen MR) is 196 cm³/mol. The van der Waals surface area contributed by atoms with E-state index in [4.69, 9.17) is 5.73 Å². The quantitative estimate of drug-likeness (QED) is 0.131. The number of nitrogens with zero attached hydrogens (tertiary/aromatic N) is 1. The van der Waals surface area contributed by atoms with Gasteiger partial charge in [0.1, 0.15) is 6.04 Å². The van der Waals surface area contributed by atoms with Crippen LogP contribution in [0.3, 0.4) is 0 Å². The minimum Gasteiger partial charge on any atom is -0.399 e. The van der Waals surface area contributed by atoms with E-state index in [1.807, 2.05) is 109 Å². The number of amides is 2. The first kappa shape index (κ1) is 39.7. The summed E-state index contributed by atoms with van der Waals surface area (Å²) in [6, 6.07) is 23.5. The van der Waals surface area contributed by atoms with Crippen LogP contribution in [0.2, 0.25) is 0 Å². The molecule has 3 rings (SSSR count). The Balaban J connectivity index is 1.79. The molecule has 0 bridgehead atoms. The Morgan fingerprint density at radius 1 is 0.837 bits per heavy atom. The van der Waals surface area contributed by atoms with E-state index >= 15 is 0 Å². The van der Waals surface area contributed by atoms with Gasteiger partial charge in [0.15, 0.2) is 0 Å². The SMILES string of the molecule is CC(C)CN(C[C@@H](O)[C@H](Cc1ccccc1)NC(=O)[C@@H](NC(=O)CCNC(C)(C)c1ccccc1)C(C)(C)C)S(=O)(=O)c1ccc(N)cc1. The molecule has 0 aliphatic rings.